The second-order valence-corrected chi connectivity index (χ2v) is 4.70. The van der Waals surface area contributed by atoms with Crippen molar-refractivity contribution in [2.24, 2.45) is 5.73 Å². The molecule has 0 aromatic heterocycles. The Morgan fingerprint density at radius 3 is 2.53 bits per heavy atom. The summed E-state index contributed by atoms with van der Waals surface area (Å²) in [6.45, 7) is 7.46. The largest absolute Gasteiger partial charge is 0.383 e. The molecule has 6 nitrogen and oxygen atoms in total. The van der Waals surface area contributed by atoms with Crippen molar-refractivity contribution in [1.29, 1.82) is 0 Å². The van der Waals surface area contributed by atoms with Gasteiger partial charge in [-0.2, -0.15) is 0 Å². The van der Waals surface area contributed by atoms with E-state index in [2.05, 4.69) is 24.1 Å². The zero-order valence-electron chi connectivity index (χ0n) is 12.6. The zero-order chi connectivity index (χ0) is 14.7. The number of carbonyl (C=O) groups excluding carboxylic acids is 1. The van der Waals surface area contributed by atoms with Gasteiger partial charge in [-0.3, -0.25) is 9.69 Å². The summed E-state index contributed by atoms with van der Waals surface area (Å²) in [7, 11) is 3.34. The second kappa shape index (κ2) is 11.2. The lowest BCUT2D eigenvalue weighted by Gasteiger charge is -2.31. The van der Waals surface area contributed by atoms with Gasteiger partial charge in [0.15, 0.2) is 0 Å². The first-order valence-corrected chi connectivity index (χ1v) is 6.81. The van der Waals surface area contributed by atoms with Gasteiger partial charge in [0.2, 0.25) is 5.91 Å². The van der Waals surface area contributed by atoms with Crippen LogP contribution in [0.15, 0.2) is 0 Å². The molecule has 114 valence electrons. The number of hydrogen-bond acceptors (Lipinski definition) is 5. The Bertz CT molecular complexity index is 239. The first-order valence-electron chi connectivity index (χ1n) is 6.81. The molecule has 0 fully saturated rings. The van der Waals surface area contributed by atoms with E-state index in [0.717, 1.165) is 19.5 Å². The van der Waals surface area contributed by atoms with Crippen LogP contribution >= 0.6 is 0 Å². The van der Waals surface area contributed by atoms with Gasteiger partial charge >= 0.3 is 0 Å². The molecule has 0 rings (SSSR count). The minimum Gasteiger partial charge on any atom is -0.383 e. The van der Waals surface area contributed by atoms with E-state index in [9.17, 15) is 4.79 Å². The topological polar surface area (TPSA) is 76.8 Å². The molecule has 0 aliphatic rings. The van der Waals surface area contributed by atoms with Crippen LogP contribution in [0.2, 0.25) is 0 Å². The van der Waals surface area contributed by atoms with E-state index in [-0.39, 0.29) is 18.0 Å². The number of nitrogens with one attached hydrogen (secondary N) is 1. The Balaban J connectivity index is 4.49. The van der Waals surface area contributed by atoms with Gasteiger partial charge in [-0.25, -0.2) is 0 Å². The van der Waals surface area contributed by atoms with Crippen LogP contribution in [-0.4, -0.2) is 70.0 Å². The highest BCUT2D eigenvalue weighted by Crippen LogP contribution is 2.02. The number of methoxy groups -OCH3 is 2. The maximum absolute atomic E-state index is 11.5. The van der Waals surface area contributed by atoms with Crippen molar-refractivity contribution in [3.63, 3.8) is 0 Å². The van der Waals surface area contributed by atoms with Crippen LogP contribution in [0.5, 0.6) is 0 Å². The van der Waals surface area contributed by atoms with Gasteiger partial charge in [0.05, 0.1) is 19.3 Å². The summed E-state index contributed by atoms with van der Waals surface area (Å²) in [4.78, 5) is 13.6. The summed E-state index contributed by atoms with van der Waals surface area (Å²) < 4.78 is 10.3. The molecule has 0 spiro atoms. The number of hydrogen-bond donors (Lipinski definition) is 2. The molecule has 0 aromatic carbocycles. The highest BCUT2D eigenvalue weighted by Gasteiger charge is 2.21. The van der Waals surface area contributed by atoms with Crippen molar-refractivity contribution in [3.8, 4) is 0 Å². The van der Waals surface area contributed by atoms with Gasteiger partial charge in [0.1, 0.15) is 0 Å². The number of amides is 1. The fraction of sp³-hybridized carbons (Fsp3) is 0.923. The predicted octanol–water partition coefficient (Wildman–Crippen LogP) is -0.177. The Kier molecular flexibility index (Phi) is 10.8. The molecular weight excluding hydrogens is 246 g/mol. The maximum Gasteiger partial charge on any atom is 0.235 e. The lowest BCUT2D eigenvalue weighted by atomic mass is 10.2. The molecule has 3 N–H and O–H groups in total. The van der Waals surface area contributed by atoms with Crippen LogP contribution in [0, 0.1) is 0 Å². The average molecular weight is 275 g/mol. The van der Waals surface area contributed by atoms with Crippen molar-refractivity contribution in [2.45, 2.75) is 32.4 Å². The molecule has 19 heavy (non-hydrogen) atoms. The van der Waals surface area contributed by atoms with E-state index in [0.29, 0.717) is 19.8 Å². The SMILES string of the molecule is CCCNC(CN(CCOC)C(C)COC)C(N)=O. The molecule has 0 radical (unpaired) electrons. The minimum absolute atomic E-state index is 0.213. The summed E-state index contributed by atoms with van der Waals surface area (Å²) in [5, 5.41) is 3.17. The zero-order valence-corrected chi connectivity index (χ0v) is 12.6. The highest BCUT2D eigenvalue weighted by atomic mass is 16.5. The normalized spacial score (nSPS) is 14.6. The van der Waals surface area contributed by atoms with E-state index in [1.54, 1.807) is 14.2 Å². The summed E-state index contributed by atoms with van der Waals surface area (Å²) in [6.07, 6.45) is 0.968. The number of nitrogens with two attached hydrogens (primary N) is 1. The van der Waals surface area contributed by atoms with Crippen LogP contribution in [-0.2, 0) is 14.3 Å². The number of rotatable bonds is 12. The molecule has 0 aromatic rings. The molecule has 0 bridgehead atoms. The van der Waals surface area contributed by atoms with Crippen LogP contribution in [0.4, 0.5) is 0 Å². The third kappa shape index (κ3) is 8.15. The Labute approximate surface area is 116 Å². The summed E-state index contributed by atoms with van der Waals surface area (Å²) in [5.41, 5.74) is 5.44. The third-order valence-electron chi connectivity index (χ3n) is 3.02. The van der Waals surface area contributed by atoms with E-state index in [1.807, 2.05) is 0 Å². The van der Waals surface area contributed by atoms with E-state index in [1.165, 1.54) is 0 Å². The van der Waals surface area contributed by atoms with Gasteiger partial charge in [-0.05, 0) is 19.9 Å². The van der Waals surface area contributed by atoms with Crippen molar-refractivity contribution in [3.05, 3.63) is 0 Å². The standard InChI is InChI=1S/C13H29N3O3/c1-5-6-15-12(13(14)17)9-16(7-8-18-3)11(2)10-19-4/h11-12,15H,5-10H2,1-4H3,(H2,14,17). The van der Waals surface area contributed by atoms with Crippen molar-refractivity contribution >= 4 is 5.91 Å². The molecule has 0 saturated heterocycles. The number of ether oxygens (including phenoxy) is 2. The minimum atomic E-state index is -0.337. The smallest absolute Gasteiger partial charge is 0.235 e. The van der Waals surface area contributed by atoms with Crippen LogP contribution < -0.4 is 11.1 Å². The quantitative estimate of drug-likeness (QED) is 0.517. The fourth-order valence-corrected chi connectivity index (χ4v) is 1.85. The molecule has 1 amide bonds. The fourth-order valence-electron chi connectivity index (χ4n) is 1.85. The van der Waals surface area contributed by atoms with Crippen molar-refractivity contribution in [1.82, 2.24) is 10.2 Å². The Morgan fingerprint density at radius 1 is 1.37 bits per heavy atom. The van der Waals surface area contributed by atoms with E-state index < -0.39 is 0 Å². The average Bonchev–Trinajstić information content (AvgIpc) is 2.37. The first-order chi connectivity index (χ1) is 9.06. The lowest BCUT2D eigenvalue weighted by molar-refractivity contribution is -0.120. The molecular formula is C13H29N3O3. The van der Waals surface area contributed by atoms with Crippen molar-refractivity contribution in [2.75, 3.05) is 47.1 Å². The van der Waals surface area contributed by atoms with Crippen LogP contribution in [0.1, 0.15) is 20.3 Å². The number of carbonyl (C=O) groups is 1. The molecule has 0 saturated carbocycles. The molecule has 0 aliphatic carbocycles. The van der Waals surface area contributed by atoms with Gasteiger partial charge < -0.3 is 20.5 Å². The molecule has 0 heterocycles. The van der Waals surface area contributed by atoms with Crippen LogP contribution in [0.25, 0.3) is 0 Å². The molecule has 6 heteroatoms. The molecule has 0 aliphatic heterocycles. The van der Waals surface area contributed by atoms with Gasteiger partial charge in [-0.15, -0.1) is 0 Å². The number of primary amides is 1. The van der Waals surface area contributed by atoms with Gasteiger partial charge in [-0.1, -0.05) is 6.92 Å². The monoisotopic (exact) mass is 275 g/mol. The van der Waals surface area contributed by atoms with Gasteiger partial charge in [0, 0.05) is 33.4 Å². The van der Waals surface area contributed by atoms with E-state index in [4.69, 9.17) is 15.2 Å². The van der Waals surface area contributed by atoms with Crippen LogP contribution in [0.3, 0.4) is 0 Å². The Hall–Kier alpha value is -0.690. The maximum atomic E-state index is 11.5. The number of nitrogens with zero attached hydrogens (tertiary/aromatic N) is 1. The summed E-state index contributed by atoms with van der Waals surface area (Å²) in [6, 6.07) is -0.124. The first kappa shape index (κ1) is 18.3. The lowest BCUT2D eigenvalue weighted by Crippen LogP contribution is -2.52. The van der Waals surface area contributed by atoms with Gasteiger partial charge in [0.25, 0.3) is 0 Å². The predicted molar refractivity (Wildman–Crippen MR) is 76.1 cm³/mol. The summed E-state index contributed by atoms with van der Waals surface area (Å²) >= 11 is 0. The Morgan fingerprint density at radius 2 is 2.05 bits per heavy atom. The molecule has 2 unspecified atom stereocenters. The van der Waals surface area contributed by atoms with Crippen molar-refractivity contribution < 1.29 is 14.3 Å². The highest BCUT2D eigenvalue weighted by molar-refractivity contribution is 5.80. The second-order valence-electron chi connectivity index (χ2n) is 4.70. The van der Waals surface area contributed by atoms with E-state index >= 15 is 0 Å². The third-order valence-corrected chi connectivity index (χ3v) is 3.02. The summed E-state index contributed by atoms with van der Waals surface area (Å²) in [5.74, 6) is -0.319. The molecule has 2 atom stereocenters.